The number of aliphatic carboxylic acids is 1. The van der Waals surface area contributed by atoms with Crippen molar-refractivity contribution in [3.63, 3.8) is 0 Å². The summed E-state index contributed by atoms with van der Waals surface area (Å²) in [6.07, 6.45) is 1.09. The van der Waals surface area contributed by atoms with Gasteiger partial charge in [0.25, 0.3) is 0 Å². The van der Waals surface area contributed by atoms with Gasteiger partial charge in [-0.25, -0.2) is 14.0 Å². The molecular formula is C18H22FN3O4. The third kappa shape index (κ3) is 3.79. The second-order valence-corrected chi connectivity index (χ2v) is 6.86. The number of carbonyl (C=O) groups excluding carboxylic acids is 2. The molecule has 3 rings (SSSR count). The van der Waals surface area contributed by atoms with Crippen LogP contribution in [0.3, 0.4) is 0 Å². The number of rotatable bonds is 3. The number of piperidine rings is 1. The van der Waals surface area contributed by atoms with Crippen LogP contribution in [-0.4, -0.2) is 64.7 Å². The second kappa shape index (κ2) is 7.31. The molecule has 140 valence electrons. The summed E-state index contributed by atoms with van der Waals surface area (Å²) in [6, 6.07) is 8.76. The lowest BCUT2D eigenvalue weighted by Crippen LogP contribution is -2.48. The van der Waals surface area contributed by atoms with Crippen LogP contribution in [-0.2, 0) is 9.59 Å². The predicted molar refractivity (Wildman–Crippen MR) is 92.4 cm³/mol. The molecule has 2 unspecified atom stereocenters. The average molecular weight is 363 g/mol. The summed E-state index contributed by atoms with van der Waals surface area (Å²) in [7, 11) is 0. The van der Waals surface area contributed by atoms with Crippen molar-refractivity contribution in [1.29, 1.82) is 0 Å². The first-order chi connectivity index (χ1) is 12.4. The highest BCUT2D eigenvalue weighted by atomic mass is 19.1. The molecule has 0 radical (unpaired) electrons. The van der Waals surface area contributed by atoms with Crippen LogP contribution >= 0.6 is 0 Å². The van der Waals surface area contributed by atoms with Crippen molar-refractivity contribution in [3.8, 4) is 0 Å². The van der Waals surface area contributed by atoms with E-state index in [0.29, 0.717) is 25.1 Å². The lowest BCUT2D eigenvalue weighted by Gasteiger charge is -2.34. The van der Waals surface area contributed by atoms with E-state index >= 15 is 0 Å². The van der Waals surface area contributed by atoms with E-state index in [0.717, 1.165) is 0 Å². The van der Waals surface area contributed by atoms with Gasteiger partial charge >= 0.3 is 12.0 Å². The lowest BCUT2D eigenvalue weighted by atomic mass is 9.96. The van der Waals surface area contributed by atoms with Crippen LogP contribution in [0.15, 0.2) is 30.3 Å². The molecule has 1 aromatic carbocycles. The van der Waals surface area contributed by atoms with E-state index in [1.807, 2.05) is 18.2 Å². The molecule has 3 amide bonds. The van der Waals surface area contributed by atoms with E-state index in [1.165, 1.54) is 4.90 Å². The molecule has 2 aliphatic heterocycles. The Morgan fingerprint density at radius 3 is 2.54 bits per heavy atom. The molecule has 0 saturated carbocycles. The van der Waals surface area contributed by atoms with Gasteiger partial charge in [0, 0.05) is 31.7 Å². The van der Waals surface area contributed by atoms with Gasteiger partial charge in [0.1, 0.15) is 0 Å². The first-order valence-electron chi connectivity index (χ1n) is 8.71. The molecule has 0 aromatic heterocycles. The number of benzene rings is 1. The monoisotopic (exact) mass is 363 g/mol. The van der Waals surface area contributed by atoms with E-state index in [4.69, 9.17) is 5.11 Å². The number of amides is 3. The van der Waals surface area contributed by atoms with Crippen LogP contribution in [0.5, 0.6) is 0 Å². The minimum atomic E-state index is -2.37. The minimum Gasteiger partial charge on any atom is -0.479 e. The number of carbonyl (C=O) groups is 3. The molecule has 0 bridgehead atoms. The predicted octanol–water partition coefficient (Wildman–Crippen LogP) is 1.96. The smallest absolute Gasteiger partial charge is 0.343 e. The maximum absolute atomic E-state index is 14.2. The van der Waals surface area contributed by atoms with Crippen molar-refractivity contribution in [2.45, 2.75) is 24.9 Å². The third-order valence-electron chi connectivity index (χ3n) is 5.00. The van der Waals surface area contributed by atoms with Crippen molar-refractivity contribution in [2.24, 2.45) is 5.92 Å². The zero-order valence-electron chi connectivity index (χ0n) is 14.4. The summed E-state index contributed by atoms with van der Waals surface area (Å²) < 4.78 is 14.2. The molecule has 8 heteroatoms. The normalized spacial score (nSPS) is 25.8. The Hall–Kier alpha value is -2.64. The molecule has 2 N–H and O–H groups in total. The van der Waals surface area contributed by atoms with E-state index in [1.54, 1.807) is 17.0 Å². The Labute approximate surface area is 150 Å². The molecule has 0 aliphatic carbocycles. The number of para-hydroxylation sites is 1. The summed E-state index contributed by atoms with van der Waals surface area (Å²) in [4.78, 5) is 38.9. The number of nitrogens with one attached hydrogen (secondary N) is 1. The molecule has 2 fully saturated rings. The standard InChI is InChI=1S/C18H22FN3O4/c19-18(16(24)25)8-10-22(12-18)15(23)13-5-4-9-21(11-13)17(26)20-14-6-2-1-3-7-14/h1-3,6-7,13H,4-5,8-12H2,(H,20,26)(H,24,25). The van der Waals surface area contributed by atoms with Crippen LogP contribution in [0.4, 0.5) is 14.9 Å². The fourth-order valence-electron chi connectivity index (χ4n) is 3.48. The van der Waals surface area contributed by atoms with Crippen LogP contribution in [0.1, 0.15) is 19.3 Å². The van der Waals surface area contributed by atoms with Gasteiger partial charge in [-0.05, 0) is 25.0 Å². The Bertz CT molecular complexity index is 699. The molecule has 2 saturated heterocycles. The SMILES string of the molecule is O=C(Nc1ccccc1)N1CCCC(C(=O)N2CCC(F)(C(=O)O)C2)C1. The highest BCUT2D eigenvalue weighted by molar-refractivity contribution is 5.90. The first kappa shape index (κ1) is 18.2. The summed E-state index contributed by atoms with van der Waals surface area (Å²) in [6.45, 7) is 0.465. The maximum Gasteiger partial charge on any atom is 0.343 e. The van der Waals surface area contributed by atoms with Gasteiger partial charge in [0.05, 0.1) is 12.5 Å². The number of nitrogens with zero attached hydrogens (tertiary/aromatic N) is 2. The number of hydrogen-bond acceptors (Lipinski definition) is 3. The Morgan fingerprint density at radius 2 is 1.88 bits per heavy atom. The fraction of sp³-hybridized carbons (Fsp3) is 0.500. The highest BCUT2D eigenvalue weighted by Crippen LogP contribution is 2.29. The van der Waals surface area contributed by atoms with E-state index in [2.05, 4.69) is 5.32 Å². The quantitative estimate of drug-likeness (QED) is 0.859. The molecule has 2 atom stereocenters. The number of hydrogen-bond donors (Lipinski definition) is 2. The molecule has 1 aromatic rings. The van der Waals surface area contributed by atoms with Crippen molar-refractivity contribution in [2.75, 3.05) is 31.5 Å². The largest absolute Gasteiger partial charge is 0.479 e. The van der Waals surface area contributed by atoms with Crippen LogP contribution in [0.25, 0.3) is 0 Å². The van der Waals surface area contributed by atoms with Gasteiger partial charge in [-0.2, -0.15) is 0 Å². The molecule has 0 spiro atoms. The minimum absolute atomic E-state index is 0.0916. The summed E-state index contributed by atoms with van der Waals surface area (Å²) >= 11 is 0. The zero-order valence-corrected chi connectivity index (χ0v) is 14.4. The zero-order chi connectivity index (χ0) is 18.7. The number of alkyl halides is 1. The first-order valence-corrected chi connectivity index (χ1v) is 8.71. The molecule has 2 heterocycles. The third-order valence-corrected chi connectivity index (χ3v) is 5.00. The second-order valence-electron chi connectivity index (χ2n) is 6.86. The van der Waals surface area contributed by atoms with Gasteiger partial charge in [-0.1, -0.05) is 18.2 Å². The molecule has 7 nitrogen and oxygen atoms in total. The number of halogens is 1. The number of anilines is 1. The van der Waals surface area contributed by atoms with Crippen molar-refractivity contribution in [1.82, 2.24) is 9.80 Å². The molecule has 26 heavy (non-hydrogen) atoms. The van der Waals surface area contributed by atoms with E-state index in [9.17, 15) is 18.8 Å². The van der Waals surface area contributed by atoms with Gasteiger partial charge < -0.3 is 20.2 Å². The van der Waals surface area contributed by atoms with E-state index < -0.39 is 24.1 Å². The number of carboxylic acids is 1. The Morgan fingerprint density at radius 1 is 1.15 bits per heavy atom. The van der Waals surface area contributed by atoms with Crippen LogP contribution < -0.4 is 5.32 Å². The molecular weight excluding hydrogens is 341 g/mol. The van der Waals surface area contributed by atoms with Crippen LogP contribution in [0, 0.1) is 5.92 Å². The van der Waals surface area contributed by atoms with Crippen LogP contribution in [0.2, 0.25) is 0 Å². The van der Waals surface area contributed by atoms with Crippen molar-refractivity contribution in [3.05, 3.63) is 30.3 Å². The summed E-state index contributed by atoms with van der Waals surface area (Å²) in [5.41, 5.74) is -1.69. The fourth-order valence-corrected chi connectivity index (χ4v) is 3.48. The summed E-state index contributed by atoms with van der Waals surface area (Å²) in [5, 5.41) is 11.8. The maximum atomic E-state index is 14.2. The number of urea groups is 1. The van der Waals surface area contributed by atoms with Gasteiger partial charge in [0.2, 0.25) is 11.6 Å². The highest BCUT2D eigenvalue weighted by Gasteiger charge is 2.48. The van der Waals surface area contributed by atoms with Crippen molar-refractivity contribution < 1.29 is 23.9 Å². The van der Waals surface area contributed by atoms with Gasteiger partial charge in [0.15, 0.2) is 0 Å². The average Bonchev–Trinajstić information content (AvgIpc) is 3.06. The number of carboxylic acid groups (broad SMARTS) is 1. The molecule has 2 aliphatic rings. The number of likely N-dealkylation sites (tertiary alicyclic amines) is 2. The Kier molecular flexibility index (Phi) is 5.11. The topological polar surface area (TPSA) is 90.0 Å². The van der Waals surface area contributed by atoms with Crippen molar-refractivity contribution >= 4 is 23.6 Å². The van der Waals surface area contributed by atoms with Gasteiger partial charge in [-0.3, -0.25) is 4.79 Å². The summed E-state index contributed by atoms with van der Waals surface area (Å²) in [5.74, 6) is -2.23. The lowest BCUT2D eigenvalue weighted by molar-refractivity contribution is -0.150. The van der Waals surface area contributed by atoms with E-state index in [-0.39, 0.29) is 31.4 Å². The Balaban J connectivity index is 1.59. The van der Waals surface area contributed by atoms with Gasteiger partial charge in [-0.15, -0.1) is 0 Å².